The summed E-state index contributed by atoms with van der Waals surface area (Å²) in [5.74, 6) is 0.267. The SMILES string of the molecule is CCS(=O)(=O)NC1CCN(C(=O)CN2CCNCC2)CC1. The van der Waals surface area contributed by atoms with E-state index < -0.39 is 10.0 Å². The number of nitrogens with zero attached hydrogens (tertiary/aromatic N) is 2. The van der Waals surface area contributed by atoms with Gasteiger partial charge in [0.2, 0.25) is 15.9 Å². The van der Waals surface area contributed by atoms with Gasteiger partial charge in [-0.05, 0) is 19.8 Å². The van der Waals surface area contributed by atoms with Gasteiger partial charge in [-0.2, -0.15) is 0 Å². The molecule has 2 aliphatic heterocycles. The minimum atomic E-state index is -3.15. The number of hydrogen-bond donors (Lipinski definition) is 2. The normalized spacial score (nSPS) is 22.4. The molecule has 0 saturated carbocycles. The summed E-state index contributed by atoms with van der Waals surface area (Å²) in [5, 5.41) is 3.27. The molecule has 0 aromatic heterocycles. The van der Waals surface area contributed by atoms with Crippen molar-refractivity contribution in [2.24, 2.45) is 0 Å². The first-order valence-corrected chi connectivity index (χ1v) is 9.36. The molecular weight excluding hydrogens is 292 g/mol. The summed E-state index contributed by atoms with van der Waals surface area (Å²) in [4.78, 5) is 16.3. The molecule has 21 heavy (non-hydrogen) atoms. The predicted octanol–water partition coefficient (Wildman–Crippen LogP) is -1.18. The summed E-state index contributed by atoms with van der Waals surface area (Å²) >= 11 is 0. The van der Waals surface area contributed by atoms with Crippen molar-refractivity contribution in [3.8, 4) is 0 Å². The summed E-state index contributed by atoms with van der Waals surface area (Å²) in [6.07, 6.45) is 1.40. The van der Waals surface area contributed by atoms with Crippen molar-refractivity contribution in [1.29, 1.82) is 0 Å². The largest absolute Gasteiger partial charge is 0.341 e. The van der Waals surface area contributed by atoms with Crippen molar-refractivity contribution >= 4 is 15.9 Å². The van der Waals surface area contributed by atoms with E-state index >= 15 is 0 Å². The van der Waals surface area contributed by atoms with Crippen molar-refractivity contribution in [3.63, 3.8) is 0 Å². The van der Waals surface area contributed by atoms with Gasteiger partial charge in [-0.1, -0.05) is 0 Å². The fraction of sp³-hybridized carbons (Fsp3) is 0.923. The average molecular weight is 318 g/mol. The van der Waals surface area contributed by atoms with Crippen molar-refractivity contribution in [3.05, 3.63) is 0 Å². The van der Waals surface area contributed by atoms with Gasteiger partial charge >= 0.3 is 0 Å². The number of likely N-dealkylation sites (tertiary alicyclic amines) is 1. The Labute approximate surface area is 127 Å². The second kappa shape index (κ2) is 7.53. The van der Waals surface area contributed by atoms with E-state index in [-0.39, 0.29) is 17.7 Å². The molecule has 0 aromatic rings. The molecule has 2 fully saturated rings. The lowest BCUT2D eigenvalue weighted by Crippen LogP contribution is -2.51. The topological polar surface area (TPSA) is 81.8 Å². The van der Waals surface area contributed by atoms with Crippen LogP contribution in [0.1, 0.15) is 19.8 Å². The summed E-state index contributed by atoms with van der Waals surface area (Å²) in [6, 6.07) is -0.0295. The van der Waals surface area contributed by atoms with Crippen molar-refractivity contribution < 1.29 is 13.2 Å². The van der Waals surface area contributed by atoms with Crippen molar-refractivity contribution in [2.75, 3.05) is 51.6 Å². The van der Waals surface area contributed by atoms with Gasteiger partial charge in [0, 0.05) is 45.3 Å². The van der Waals surface area contributed by atoms with E-state index in [9.17, 15) is 13.2 Å². The van der Waals surface area contributed by atoms with Gasteiger partial charge in [0.15, 0.2) is 0 Å². The maximum atomic E-state index is 12.2. The number of piperidine rings is 1. The molecule has 1 amide bonds. The Morgan fingerprint density at radius 1 is 1.19 bits per heavy atom. The van der Waals surface area contributed by atoms with Gasteiger partial charge in [-0.25, -0.2) is 13.1 Å². The van der Waals surface area contributed by atoms with Crippen LogP contribution >= 0.6 is 0 Å². The molecule has 7 nitrogen and oxygen atoms in total. The van der Waals surface area contributed by atoms with Gasteiger partial charge in [-0.3, -0.25) is 9.69 Å². The Bertz CT molecular complexity index is 440. The highest BCUT2D eigenvalue weighted by molar-refractivity contribution is 7.89. The number of carbonyl (C=O) groups is 1. The van der Waals surface area contributed by atoms with Crippen molar-refractivity contribution in [2.45, 2.75) is 25.8 Å². The molecule has 0 radical (unpaired) electrons. The van der Waals surface area contributed by atoms with Gasteiger partial charge < -0.3 is 10.2 Å². The Morgan fingerprint density at radius 2 is 1.81 bits per heavy atom. The zero-order chi connectivity index (χ0) is 15.3. The van der Waals surface area contributed by atoms with E-state index in [2.05, 4.69) is 14.9 Å². The Morgan fingerprint density at radius 3 is 2.38 bits per heavy atom. The molecule has 0 aromatic carbocycles. The van der Waals surface area contributed by atoms with E-state index in [1.54, 1.807) is 6.92 Å². The van der Waals surface area contributed by atoms with Gasteiger partial charge in [0.25, 0.3) is 0 Å². The molecule has 8 heteroatoms. The zero-order valence-corrected chi connectivity index (χ0v) is 13.5. The Kier molecular flexibility index (Phi) is 5.98. The molecule has 2 aliphatic rings. The maximum Gasteiger partial charge on any atom is 0.236 e. The Balaban J connectivity index is 1.74. The maximum absolute atomic E-state index is 12.2. The third kappa shape index (κ3) is 5.21. The zero-order valence-electron chi connectivity index (χ0n) is 12.7. The van der Waals surface area contributed by atoms with Crippen LogP contribution in [0.4, 0.5) is 0 Å². The van der Waals surface area contributed by atoms with E-state index in [4.69, 9.17) is 0 Å². The lowest BCUT2D eigenvalue weighted by molar-refractivity contribution is -0.133. The quantitative estimate of drug-likeness (QED) is 0.667. The second-order valence-electron chi connectivity index (χ2n) is 5.70. The Hall–Kier alpha value is -0.700. The minimum Gasteiger partial charge on any atom is -0.341 e. The third-order valence-electron chi connectivity index (χ3n) is 4.14. The third-order valence-corrected chi connectivity index (χ3v) is 5.59. The van der Waals surface area contributed by atoms with Gasteiger partial charge in [-0.15, -0.1) is 0 Å². The van der Waals surface area contributed by atoms with Crippen LogP contribution in [-0.2, 0) is 14.8 Å². The fourth-order valence-electron chi connectivity index (χ4n) is 2.74. The average Bonchev–Trinajstić information content (AvgIpc) is 2.48. The van der Waals surface area contributed by atoms with Gasteiger partial charge in [0.1, 0.15) is 0 Å². The molecule has 2 saturated heterocycles. The highest BCUT2D eigenvalue weighted by Gasteiger charge is 2.26. The molecule has 122 valence electrons. The van der Waals surface area contributed by atoms with E-state index in [0.717, 1.165) is 26.2 Å². The van der Waals surface area contributed by atoms with Crippen LogP contribution in [0.2, 0.25) is 0 Å². The number of rotatable bonds is 5. The van der Waals surface area contributed by atoms with Crippen LogP contribution in [0, 0.1) is 0 Å². The first-order valence-electron chi connectivity index (χ1n) is 7.71. The van der Waals surface area contributed by atoms with E-state index in [1.165, 1.54) is 0 Å². The first-order chi connectivity index (χ1) is 10.00. The molecule has 0 unspecified atom stereocenters. The fourth-order valence-corrected chi connectivity index (χ4v) is 3.65. The summed E-state index contributed by atoms with van der Waals surface area (Å²) in [6.45, 7) is 7.10. The molecule has 0 bridgehead atoms. The number of nitrogens with one attached hydrogen (secondary N) is 2. The number of carbonyl (C=O) groups excluding carboxylic acids is 1. The van der Waals surface area contributed by atoms with Gasteiger partial charge in [0.05, 0.1) is 12.3 Å². The molecule has 0 atom stereocenters. The summed E-state index contributed by atoms with van der Waals surface area (Å²) in [5.41, 5.74) is 0. The molecule has 0 spiro atoms. The lowest BCUT2D eigenvalue weighted by atomic mass is 10.1. The second-order valence-corrected chi connectivity index (χ2v) is 7.75. The highest BCUT2D eigenvalue weighted by Crippen LogP contribution is 2.12. The smallest absolute Gasteiger partial charge is 0.236 e. The van der Waals surface area contributed by atoms with Crippen LogP contribution < -0.4 is 10.0 Å². The van der Waals surface area contributed by atoms with Crippen LogP contribution in [0.3, 0.4) is 0 Å². The van der Waals surface area contributed by atoms with Crippen LogP contribution in [0.15, 0.2) is 0 Å². The standard InChI is InChI=1S/C13H26N4O3S/c1-2-21(19,20)15-12-3-7-17(8-4-12)13(18)11-16-9-5-14-6-10-16/h12,14-15H,2-11H2,1H3. The van der Waals surface area contributed by atoms with Crippen LogP contribution in [-0.4, -0.2) is 81.7 Å². The molecule has 2 heterocycles. The lowest BCUT2D eigenvalue weighted by Gasteiger charge is -2.34. The number of sulfonamides is 1. The molecule has 2 rings (SSSR count). The molecule has 0 aliphatic carbocycles. The highest BCUT2D eigenvalue weighted by atomic mass is 32.2. The van der Waals surface area contributed by atoms with E-state index in [1.807, 2.05) is 4.90 Å². The monoisotopic (exact) mass is 318 g/mol. The number of amides is 1. The molecular formula is C13H26N4O3S. The minimum absolute atomic E-state index is 0.0295. The van der Waals surface area contributed by atoms with E-state index in [0.29, 0.717) is 32.5 Å². The van der Waals surface area contributed by atoms with Crippen molar-refractivity contribution in [1.82, 2.24) is 19.8 Å². The molecule has 2 N–H and O–H groups in total. The summed E-state index contributed by atoms with van der Waals surface area (Å²) in [7, 11) is -3.15. The predicted molar refractivity (Wildman–Crippen MR) is 81.5 cm³/mol. The van der Waals surface area contributed by atoms with Crippen LogP contribution in [0.5, 0.6) is 0 Å². The first kappa shape index (κ1) is 16.7. The number of piperazine rings is 1. The summed E-state index contributed by atoms with van der Waals surface area (Å²) < 4.78 is 25.8. The van der Waals surface area contributed by atoms with Crippen LogP contribution in [0.25, 0.3) is 0 Å². The number of hydrogen-bond acceptors (Lipinski definition) is 5.